The van der Waals surface area contributed by atoms with Gasteiger partial charge in [-0.3, -0.25) is 4.79 Å². The number of aromatic nitrogens is 3. The monoisotopic (exact) mass is 373 g/mol. The zero-order valence-electron chi connectivity index (χ0n) is 16.1. The Bertz CT molecular complexity index is 759. The number of likely N-dealkylation sites (tertiary alicyclic amines) is 1. The summed E-state index contributed by atoms with van der Waals surface area (Å²) in [4.78, 5) is 16.2. The number of amides is 1. The summed E-state index contributed by atoms with van der Waals surface area (Å²) in [6, 6.07) is 7.78. The average Bonchev–Trinajstić information content (AvgIpc) is 3.10. The van der Waals surface area contributed by atoms with E-state index in [1.54, 1.807) is 7.11 Å². The lowest BCUT2D eigenvalue weighted by Crippen LogP contribution is -2.47. The molecular formula is C19H27N5O3. The molecule has 0 radical (unpaired) electrons. The van der Waals surface area contributed by atoms with Crippen LogP contribution in [0.1, 0.15) is 29.0 Å². The molecule has 1 fully saturated rings. The molecule has 0 unspecified atom stereocenters. The summed E-state index contributed by atoms with van der Waals surface area (Å²) in [7, 11) is 3.57. The third-order valence-electron chi connectivity index (χ3n) is 4.73. The van der Waals surface area contributed by atoms with E-state index < -0.39 is 0 Å². The van der Waals surface area contributed by atoms with Crippen LogP contribution in [0.3, 0.4) is 0 Å². The Labute approximate surface area is 159 Å². The first kappa shape index (κ1) is 19.3. The van der Waals surface area contributed by atoms with E-state index in [9.17, 15) is 4.79 Å². The Morgan fingerprint density at radius 1 is 1.26 bits per heavy atom. The lowest BCUT2D eigenvalue weighted by molar-refractivity contribution is 0.0691. The highest BCUT2D eigenvalue weighted by molar-refractivity contribution is 5.93. The molecule has 3 rings (SSSR count). The van der Waals surface area contributed by atoms with Crippen LogP contribution in [-0.2, 0) is 4.74 Å². The van der Waals surface area contributed by atoms with Crippen molar-refractivity contribution in [1.29, 1.82) is 0 Å². The lowest BCUT2D eigenvalue weighted by Gasteiger charge is -2.32. The number of methoxy groups -OCH3 is 1. The van der Waals surface area contributed by atoms with Gasteiger partial charge in [-0.1, -0.05) is 0 Å². The minimum Gasteiger partial charge on any atom is -0.491 e. The molecule has 0 spiro atoms. The van der Waals surface area contributed by atoms with Crippen molar-refractivity contribution in [3.05, 3.63) is 35.7 Å². The number of benzene rings is 1. The minimum absolute atomic E-state index is 0.0572. The summed E-state index contributed by atoms with van der Waals surface area (Å²) >= 11 is 0. The van der Waals surface area contributed by atoms with Gasteiger partial charge in [0.2, 0.25) is 0 Å². The van der Waals surface area contributed by atoms with Gasteiger partial charge in [-0.2, -0.15) is 9.90 Å². The predicted molar refractivity (Wildman–Crippen MR) is 101 cm³/mol. The number of rotatable bonds is 7. The Kier molecular flexibility index (Phi) is 6.41. The number of nitrogens with one attached hydrogen (secondary N) is 1. The number of nitrogens with zero attached hydrogens (tertiary/aromatic N) is 4. The minimum atomic E-state index is -0.0572. The zero-order chi connectivity index (χ0) is 19.2. The summed E-state index contributed by atoms with van der Waals surface area (Å²) in [5.74, 6) is 0.695. The second-order valence-electron chi connectivity index (χ2n) is 6.64. The first-order valence-electron chi connectivity index (χ1n) is 9.25. The number of hydrogen-bond acceptors (Lipinski definition) is 6. The first-order valence-corrected chi connectivity index (χ1v) is 9.25. The van der Waals surface area contributed by atoms with E-state index in [2.05, 4.69) is 15.5 Å². The topological polar surface area (TPSA) is 81.5 Å². The SMILES string of the molecule is CN[C@@H]1CCCN(C(=O)c2nn(-c3ccc(OCCOC)cc3)nc2C)C1. The number of carbonyl (C=O) groups is 1. The normalized spacial score (nSPS) is 17.1. The van der Waals surface area contributed by atoms with E-state index in [0.29, 0.717) is 37.2 Å². The van der Waals surface area contributed by atoms with Gasteiger partial charge in [0.25, 0.3) is 5.91 Å². The Balaban J connectivity index is 1.71. The van der Waals surface area contributed by atoms with Gasteiger partial charge in [-0.25, -0.2) is 0 Å². The highest BCUT2D eigenvalue weighted by atomic mass is 16.5. The van der Waals surface area contributed by atoms with E-state index in [1.165, 1.54) is 4.80 Å². The van der Waals surface area contributed by atoms with E-state index in [-0.39, 0.29) is 5.91 Å². The van der Waals surface area contributed by atoms with Crippen LogP contribution in [0.2, 0.25) is 0 Å². The Morgan fingerprint density at radius 2 is 2.04 bits per heavy atom. The third kappa shape index (κ3) is 4.64. The van der Waals surface area contributed by atoms with Gasteiger partial charge in [0, 0.05) is 26.2 Å². The first-order chi connectivity index (χ1) is 13.1. The maximum absolute atomic E-state index is 12.9. The molecule has 0 aliphatic carbocycles. The van der Waals surface area contributed by atoms with E-state index in [1.807, 2.05) is 43.1 Å². The molecule has 8 heteroatoms. The van der Waals surface area contributed by atoms with Gasteiger partial charge in [-0.15, -0.1) is 5.10 Å². The van der Waals surface area contributed by atoms with Gasteiger partial charge < -0.3 is 19.7 Å². The molecule has 1 saturated heterocycles. The number of ether oxygens (including phenoxy) is 2. The summed E-state index contributed by atoms with van der Waals surface area (Å²) < 4.78 is 10.5. The molecule has 1 amide bonds. The largest absolute Gasteiger partial charge is 0.491 e. The fourth-order valence-corrected chi connectivity index (χ4v) is 3.16. The maximum Gasteiger partial charge on any atom is 0.276 e. The number of likely N-dealkylation sites (N-methyl/N-ethyl adjacent to an activating group) is 1. The standard InChI is InChI=1S/C19H27N5O3/c1-14-18(19(25)23-10-4-5-15(13-23)20-2)22-24(21-14)16-6-8-17(9-7-16)27-12-11-26-3/h6-9,15,20H,4-5,10-13H2,1-3H3/t15-/m1/s1. The second-order valence-corrected chi connectivity index (χ2v) is 6.64. The summed E-state index contributed by atoms with van der Waals surface area (Å²) in [6.07, 6.45) is 2.08. The molecule has 2 aromatic rings. The van der Waals surface area contributed by atoms with Gasteiger partial charge in [0.05, 0.1) is 18.0 Å². The lowest BCUT2D eigenvalue weighted by atomic mass is 10.1. The molecule has 0 saturated carbocycles. The van der Waals surface area contributed by atoms with Crippen molar-refractivity contribution in [2.45, 2.75) is 25.8 Å². The van der Waals surface area contributed by atoms with Crippen molar-refractivity contribution in [3.63, 3.8) is 0 Å². The van der Waals surface area contributed by atoms with E-state index in [0.717, 1.165) is 30.8 Å². The Hall–Kier alpha value is -2.45. The van der Waals surface area contributed by atoms with Crippen molar-refractivity contribution in [2.75, 3.05) is 40.5 Å². The molecule has 1 aliphatic rings. The molecule has 1 N–H and O–H groups in total. The molecule has 0 bridgehead atoms. The third-order valence-corrected chi connectivity index (χ3v) is 4.73. The second kappa shape index (κ2) is 8.96. The van der Waals surface area contributed by atoms with Crippen LogP contribution in [0.5, 0.6) is 5.75 Å². The van der Waals surface area contributed by atoms with Crippen LogP contribution >= 0.6 is 0 Å². The number of piperidine rings is 1. The van der Waals surface area contributed by atoms with Crippen LogP contribution in [0.25, 0.3) is 5.69 Å². The van der Waals surface area contributed by atoms with Gasteiger partial charge in [0.15, 0.2) is 5.69 Å². The Morgan fingerprint density at radius 3 is 2.74 bits per heavy atom. The van der Waals surface area contributed by atoms with Crippen molar-refractivity contribution in [2.24, 2.45) is 0 Å². The summed E-state index contributed by atoms with van der Waals surface area (Å²) in [5, 5.41) is 12.1. The van der Waals surface area contributed by atoms with Crippen molar-refractivity contribution < 1.29 is 14.3 Å². The molecule has 1 aromatic heterocycles. The van der Waals surface area contributed by atoms with Gasteiger partial charge in [0.1, 0.15) is 12.4 Å². The van der Waals surface area contributed by atoms with Crippen LogP contribution in [-0.4, -0.2) is 72.3 Å². The van der Waals surface area contributed by atoms with Crippen molar-refractivity contribution in [1.82, 2.24) is 25.2 Å². The van der Waals surface area contributed by atoms with E-state index in [4.69, 9.17) is 9.47 Å². The molecule has 8 nitrogen and oxygen atoms in total. The molecular weight excluding hydrogens is 346 g/mol. The van der Waals surface area contributed by atoms with Crippen LogP contribution in [0.4, 0.5) is 0 Å². The quantitative estimate of drug-likeness (QED) is 0.740. The van der Waals surface area contributed by atoms with Gasteiger partial charge in [-0.05, 0) is 51.1 Å². The number of carbonyl (C=O) groups excluding carboxylic acids is 1. The molecule has 146 valence electrons. The smallest absolute Gasteiger partial charge is 0.276 e. The maximum atomic E-state index is 12.9. The highest BCUT2D eigenvalue weighted by Crippen LogP contribution is 2.17. The molecule has 1 atom stereocenters. The van der Waals surface area contributed by atoms with Crippen LogP contribution < -0.4 is 10.1 Å². The average molecular weight is 373 g/mol. The van der Waals surface area contributed by atoms with Crippen LogP contribution in [0.15, 0.2) is 24.3 Å². The van der Waals surface area contributed by atoms with Crippen LogP contribution in [0, 0.1) is 6.92 Å². The molecule has 2 heterocycles. The van der Waals surface area contributed by atoms with Crippen molar-refractivity contribution in [3.8, 4) is 11.4 Å². The predicted octanol–water partition coefficient (Wildman–Crippen LogP) is 1.42. The molecule has 27 heavy (non-hydrogen) atoms. The summed E-state index contributed by atoms with van der Waals surface area (Å²) in [6.45, 7) is 4.32. The highest BCUT2D eigenvalue weighted by Gasteiger charge is 2.27. The fourth-order valence-electron chi connectivity index (χ4n) is 3.16. The number of hydrogen-bond donors (Lipinski definition) is 1. The molecule has 1 aromatic carbocycles. The molecule has 1 aliphatic heterocycles. The fraction of sp³-hybridized carbons (Fsp3) is 0.526. The van der Waals surface area contributed by atoms with E-state index >= 15 is 0 Å². The number of aryl methyl sites for hydroxylation is 1. The van der Waals surface area contributed by atoms with Crippen molar-refractivity contribution >= 4 is 5.91 Å². The zero-order valence-corrected chi connectivity index (χ0v) is 16.1. The van der Waals surface area contributed by atoms with Gasteiger partial charge >= 0.3 is 0 Å². The summed E-state index contributed by atoms with van der Waals surface area (Å²) in [5.41, 5.74) is 1.82.